The van der Waals surface area contributed by atoms with E-state index in [1.54, 1.807) is 19.1 Å². The van der Waals surface area contributed by atoms with Crippen LogP contribution in [0.15, 0.2) is 22.9 Å². The van der Waals surface area contributed by atoms with Gasteiger partial charge in [-0.3, -0.25) is 4.98 Å². The van der Waals surface area contributed by atoms with Gasteiger partial charge in [0.2, 0.25) is 5.82 Å². The lowest BCUT2D eigenvalue weighted by molar-refractivity contribution is -0.159. The Hall–Kier alpha value is -1.92. The number of alkyl halides is 3. The minimum atomic E-state index is -4.62. The van der Waals surface area contributed by atoms with Gasteiger partial charge in [0.1, 0.15) is 0 Å². The van der Waals surface area contributed by atoms with Gasteiger partial charge in [0.15, 0.2) is 0 Å². The SMILES string of the molecule is Cc1ccc(-c2noc(C(F)(F)F)n2)cn1. The zero-order chi connectivity index (χ0) is 11.8. The van der Waals surface area contributed by atoms with Crippen LogP contribution in [0.4, 0.5) is 13.2 Å². The summed E-state index contributed by atoms with van der Waals surface area (Å²) in [7, 11) is 0. The van der Waals surface area contributed by atoms with E-state index in [0.717, 1.165) is 5.69 Å². The number of hydrogen-bond acceptors (Lipinski definition) is 4. The number of rotatable bonds is 1. The van der Waals surface area contributed by atoms with Crippen LogP contribution >= 0.6 is 0 Å². The van der Waals surface area contributed by atoms with Crippen LogP contribution in [0.1, 0.15) is 11.6 Å². The van der Waals surface area contributed by atoms with Crippen molar-refractivity contribution in [3.8, 4) is 11.4 Å². The van der Waals surface area contributed by atoms with Gasteiger partial charge >= 0.3 is 12.1 Å². The molecule has 4 nitrogen and oxygen atoms in total. The maximum Gasteiger partial charge on any atom is 0.471 e. The topological polar surface area (TPSA) is 51.8 Å². The lowest BCUT2D eigenvalue weighted by Crippen LogP contribution is -2.04. The molecule has 0 fully saturated rings. The van der Waals surface area contributed by atoms with Crippen LogP contribution in [-0.2, 0) is 6.18 Å². The Kier molecular flexibility index (Phi) is 2.37. The first kappa shape index (κ1) is 10.6. The molecule has 0 spiro atoms. The van der Waals surface area contributed by atoms with Crippen molar-refractivity contribution in [2.45, 2.75) is 13.1 Å². The summed E-state index contributed by atoms with van der Waals surface area (Å²) in [6.07, 6.45) is -3.23. The average molecular weight is 229 g/mol. The van der Waals surface area contributed by atoms with E-state index in [1.807, 2.05) is 0 Å². The number of pyridine rings is 1. The van der Waals surface area contributed by atoms with E-state index < -0.39 is 12.1 Å². The molecule has 0 unspecified atom stereocenters. The Morgan fingerprint density at radius 3 is 2.50 bits per heavy atom. The summed E-state index contributed by atoms with van der Waals surface area (Å²) in [5, 5.41) is 3.24. The van der Waals surface area contributed by atoms with Crippen LogP contribution in [-0.4, -0.2) is 15.1 Å². The molecule has 0 radical (unpaired) electrons. The minimum absolute atomic E-state index is 0.125. The molecule has 2 aromatic heterocycles. The van der Waals surface area contributed by atoms with Gasteiger partial charge in [-0.25, -0.2) is 0 Å². The summed E-state index contributed by atoms with van der Waals surface area (Å²) in [5.41, 5.74) is 1.13. The highest BCUT2D eigenvalue weighted by Gasteiger charge is 2.38. The Morgan fingerprint density at radius 1 is 1.25 bits per heavy atom. The molecule has 0 atom stereocenters. The number of halogens is 3. The lowest BCUT2D eigenvalue weighted by Gasteiger charge is -1.96. The van der Waals surface area contributed by atoms with Gasteiger partial charge in [-0.05, 0) is 19.1 Å². The summed E-state index contributed by atoms with van der Waals surface area (Å²) in [4.78, 5) is 7.16. The molecule has 16 heavy (non-hydrogen) atoms. The van der Waals surface area contributed by atoms with Crippen molar-refractivity contribution >= 4 is 0 Å². The van der Waals surface area contributed by atoms with Gasteiger partial charge in [0.05, 0.1) is 0 Å². The summed E-state index contributed by atoms with van der Waals surface area (Å²) in [6.45, 7) is 1.77. The molecule has 2 heterocycles. The van der Waals surface area contributed by atoms with Gasteiger partial charge in [-0.15, -0.1) is 0 Å². The number of hydrogen-bond donors (Lipinski definition) is 0. The second-order valence-electron chi connectivity index (χ2n) is 3.11. The van der Waals surface area contributed by atoms with E-state index in [1.165, 1.54) is 6.20 Å². The average Bonchev–Trinajstić information content (AvgIpc) is 2.67. The summed E-state index contributed by atoms with van der Waals surface area (Å²) < 4.78 is 40.6. The number of aromatic nitrogens is 3. The Balaban J connectivity index is 2.35. The monoisotopic (exact) mass is 229 g/mol. The molecule has 7 heteroatoms. The standard InChI is InChI=1S/C9H6F3N3O/c1-5-2-3-6(4-13-5)7-14-8(16-15-7)9(10,11)12/h2-4H,1H3. The molecule has 0 N–H and O–H groups in total. The largest absolute Gasteiger partial charge is 0.471 e. The molecule has 0 aliphatic heterocycles. The van der Waals surface area contributed by atoms with Gasteiger partial charge in [-0.1, -0.05) is 5.16 Å². The first-order valence-corrected chi connectivity index (χ1v) is 4.31. The maximum absolute atomic E-state index is 12.2. The minimum Gasteiger partial charge on any atom is -0.329 e. The van der Waals surface area contributed by atoms with Crippen molar-refractivity contribution in [2.24, 2.45) is 0 Å². The van der Waals surface area contributed by atoms with E-state index in [0.29, 0.717) is 5.56 Å². The Morgan fingerprint density at radius 2 is 2.00 bits per heavy atom. The Bertz CT molecular complexity index is 489. The van der Waals surface area contributed by atoms with Crippen molar-refractivity contribution in [2.75, 3.05) is 0 Å². The third-order valence-corrected chi connectivity index (χ3v) is 1.84. The zero-order valence-electron chi connectivity index (χ0n) is 8.12. The molecule has 0 aliphatic rings. The van der Waals surface area contributed by atoms with Crippen LogP contribution in [0.25, 0.3) is 11.4 Å². The van der Waals surface area contributed by atoms with Crippen LogP contribution in [0.2, 0.25) is 0 Å². The molecule has 2 aromatic rings. The van der Waals surface area contributed by atoms with Gasteiger partial charge in [0, 0.05) is 17.5 Å². The molecule has 0 aliphatic carbocycles. The van der Waals surface area contributed by atoms with E-state index in [4.69, 9.17) is 0 Å². The molecule has 0 amide bonds. The first-order valence-electron chi connectivity index (χ1n) is 4.31. The van der Waals surface area contributed by atoms with Crippen LogP contribution in [0, 0.1) is 6.92 Å². The lowest BCUT2D eigenvalue weighted by atomic mass is 10.2. The molecule has 0 bridgehead atoms. The van der Waals surface area contributed by atoms with Crippen LogP contribution in [0.5, 0.6) is 0 Å². The quantitative estimate of drug-likeness (QED) is 0.753. The van der Waals surface area contributed by atoms with E-state index >= 15 is 0 Å². The highest BCUT2D eigenvalue weighted by molar-refractivity contribution is 5.52. The predicted octanol–water partition coefficient (Wildman–Crippen LogP) is 2.46. The second kappa shape index (κ2) is 3.58. The second-order valence-corrected chi connectivity index (χ2v) is 3.11. The highest BCUT2D eigenvalue weighted by atomic mass is 19.4. The van der Waals surface area contributed by atoms with Crippen molar-refractivity contribution in [3.05, 3.63) is 29.9 Å². The van der Waals surface area contributed by atoms with Gasteiger partial charge < -0.3 is 4.52 Å². The fourth-order valence-electron chi connectivity index (χ4n) is 1.06. The van der Waals surface area contributed by atoms with Gasteiger partial charge in [0.25, 0.3) is 0 Å². The normalized spacial score (nSPS) is 11.8. The van der Waals surface area contributed by atoms with Crippen molar-refractivity contribution in [1.29, 1.82) is 0 Å². The fourth-order valence-corrected chi connectivity index (χ4v) is 1.06. The van der Waals surface area contributed by atoms with Gasteiger partial charge in [-0.2, -0.15) is 18.2 Å². The van der Waals surface area contributed by atoms with Crippen LogP contribution in [0.3, 0.4) is 0 Å². The maximum atomic E-state index is 12.2. The summed E-state index contributed by atoms with van der Waals surface area (Å²) in [6, 6.07) is 3.23. The molecule has 0 saturated carbocycles. The van der Waals surface area contributed by atoms with Crippen molar-refractivity contribution < 1.29 is 17.7 Å². The molecule has 0 aromatic carbocycles. The number of aryl methyl sites for hydroxylation is 1. The summed E-state index contributed by atoms with van der Waals surface area (Å²) in [5.74, 6) is -1.48. The third kappa shape index (κ3) is 2.02. The Labute approximate surface area is 88.1 Å². The third-order valence-electron chi connectivity index (χ3n) is 1.84. The highest BCUT2D eigenvalue weighted by Crippen LogP contribution is 2.29. The van der Waals surface area contributed by atoms with E-state index in [-0.39, 0.29) is 5.82 Å². The number of nitrogens with zero attached hydrogens (tertiary/aromatic N) is 3. The first-order chi connectivity index (χ1) is 7.47. The van der Waals surface area contributed by atoms with Crippen molar-refractivity contribution in [3.63, 3.8) is 0 Å². The van der Waals surface area contributed by atoms with Crippen molar-refractivity contribution in [1.82, 2.24) is 15.1 Å². The van der Waals surface area contributed by atoms with E-state index in [9.17, 15) is 13.2 Å². The van der Waals surface area contributed by atoms with Crippen LogP contribution < -0.4 is 0 Å². The zero-order valence-corrected chi connectivity index (χ0v) is 8.12. The fraction of sp³-hybridized carbons (Fsp3) is 0.222. The molecule has 2 rings (SSSR count). The molecular weight excluding hydrogens is 223 g/mol. The molecule has 0 saturated heterocycles. The predicted molar refractivity (Wildman–Crippen MR) is 47.3 cm³/mol. The van der Waals surface area contributed by atoms with E-state index in [2.05, 4.69) is 19.6 Å². The molecular formula is C9H6F3N3O. The summed E-state index contributed by atoms with van der Waals surface area (Å²) >= 11 is 0. The molecule has 84 valence electrons. The smallest absolute Gasteiger partial charge is 0.329 e.